The van der Waals surface area contributed by atoms with Gasteiger partial charge in [-0.15, -0.1) is 0 Å². The Morgan fingerprint density at radius 2 is 2.19 bits per heavy atom. The lowest BCUT2D eigenvalue weighted by Gasteiger charge is -2.43. The molecule has 2 nitrogen and oxygen atoms in total. The summed E-state index contributed by atoms with van der Waals surface area (Å²) < 4.78 is 19.7. The Morgan fingerprint density at radius 1 is 1.43 bits per heavy atom. The van der Waals surface area contributed by atoms with Gasteiger partial charge in [-0.05, 0) is 30.4 Å². The molecule has 3 unspecified atom stereocenters. The Bertz CT molecular complexity index is 512. The molecule has 2 fully saturated rings. The Morgan fingerprint density at radius 3 is 2.81 bits per heavy atom. The van der Waals surface area contributed by atoms with Crippen LogP contribution in [-0.2, 0) is 4.74 Å². The van der Waals surface area contributed by atoms with E-state index in [0.29, 0.717) is 17.4 Å². The highest BCUT2D eigenvalue weighted by Crippen LogP contribution is 2.42. The van der Waals surface area contributed by atoms with Crippen LogP contribution in [-0.4, -0.2) is 25.8 Å². The predicted molar refractivity (Wildman–Crippen MR) is 83.3 cm³/mol. The lowest BCUT2D eigenvalue weighted by atomic mass is 9.74. The molecule has 1 N–H and O–H groups in total. The highest BCUT2D eigenvalue weighted by atomic mass is 35.5. The number of halogens is 2. The van der Waals surface area contributed by atoms with Crippen LogP contribution in [0.15, 0.2) is 18.2 Å². The molecular weight excluding hydrogens is 289 g/mol. The molecule has 3 atom stereocenters. The minimum absolute atomic E-state index is 0.198. The van der Waals surface area contributed by atoms with Crippen molar-refractivity contribution < 1.29 is 9.13 Å². The van der Waals surface area contributed by atoms with E-state index in [1.165, 1.54) is 0 Å². The number of benzene rings is 1. The fourth-order valence-corrected chi connectivity index (χ4v) is 3.89. The monoisotopic (exact) mass is 311 g/mol. The molecule has 4 heteroatoms. The van der Waals surface area contributed by atoms with Crippen LogP contribution in [0.3, 0.4) is 0 Å². The second-order valence-corrected chi connectivity index (χ2v) is 7.08. The van der Waals surface area contributed by atoms with Gasteiger partial charge >= 0.3 is 0 Å². The summed E-state index contributed by atoms with van der Waals surface area (Å²) in [6.45, 7) is 7.01. The quantitative estimate of drug-likeness (QED) is 0.908. The molecule has 116 valence electrons. The maximum atomic E-state index is 14.3. The summed E-state index contributed by atoms with van der Waals surface area (Å²) in [5.41, 5.74) is 1.08. The Labute approximate surface area is 131 Å². The van der Waals surface area contributed by atoms with Crippen LogP contribution in [0.4, 0.5) is 4.39 Å². The van der Waals surface area contributed by atoms with Crippen LogP contribution in [0.25, 0.3) is 0 Å². The third-order valence-electron chi connectivity index (χ3n) is 5.47. The van der Waals surface area contributed by atoms with Gasteiger partial charge in [-0.2, -0.15) is 0 Å². The van der Waals surface area contributed by atoms with E-state index in [1.54, 1.807) is 6.07 Å². The van der Waals surface area contributed by atoms with Crippen molar-refractivity contribution in [2.24, 2.45) is 11.3 Å². The molecule has 2 saturated heterocycles. The Kier molecular flexibility index (Phi) is 4.26. The van der Waals surface area contributed by atoms with Crippen molar-refractivity contribution in [1.82, 2.24) is 5.32 Å². The van der Waals surface area contributed by atoms with Gasteiger partial charge in [0.25, 0.3) is 0 Å². The van der Waals surface area contributed by atoms with Crippen LogP contribution in [0, 0.1) is 17.2 Å². The summed E-state index contributed by atoms with van der Waals surface area (Å²) in [4.78, 5) is 0. The zero-order valence-electron chi connectivity index (χ0n) is 12.7. The van der Waals surface area contributed by atoms with Crippen molar-refractivity contribution in [3.63, 3.8) is 0 Å². The largest absolute Gasteiger partial charge is 0.380 e. The molecular formula is C17H23ClFNO. The van der Waals surface area contributed by atoms with Crippen LogP contribution >= 0.6 is 11.6 Å². The maximum Gasteiger partial charge on any atom is 0.145 e. The van der Waals surface area contributed by atoms with Crippen LogP contribution in [0.5, 0.6) is 0 Å². The van der Waals surface area contributed by atoms with E-state index in [4.69, 9.17) is 16.3 Å². The third kappa shape index (κ3) is 2.71. The molecule has 21 heavy (non-hydrogen) atoms. The second kappa shape index (κ2) is 5.86. The van der Waals surface area contributed by atoms with Crippen molar-refractivity contribution in [2.75, 3.05) is 19.8 Å². The van der Waals surface area contributed by atoms with Gasteiger partial charge in [0.05, 0.1) is 18.2 Å². The molecule has 0 spiro atoms. The van der Waals surface area contributed by atoms with E-state index in [0.717, 1.165) is 38.2 Å². The molecule has 0 saturated carbocycles. The minimum Gasteiger partial charge on any atom is -0.380 e. The van der Waals surface area contributed by atoms with Crippen molar-refractivity contribution in [1.29, 1.82) is 0 Å². The summed E-state index contributed by atoms with van der Waals surface area (Å²) in [5.74, 6) is 0.348. The number of hydrogen-bond acceptors (Lipinski definition) is 2. The number of rotatable bonds is 4. The third-order valence-corrected chi connectivity index (χ3v) is 5.76. The van der Waals surface area contributed by atoms with Crippen molar-refractivity contribution in [2.45, 2.75) is 38.6 Å². The van der Waals surface area contributed by atoms with Crippen molar-refractivity contribution in [3.8, 4) is 0 Å². The highest BCUT2D eigenvalue weighted by molar-refractivity contribution is 6.30. The number of hydrogen-bond donors (Lipinski definition) is 1. The molecule has 2 heterocycles. The highest BCUT2D eigenvalue weighted by Gasteiger charge is 2.43. The normalized spacial score (nSPS) is 31.1. The summed E-state index contributed by atoms with van der Waals surface area (Å²) in [5, 5.41) is 3.82. The van der Waals surface area contributed by atoms with E-state index >= 15 is 0 Å². The van der Waals surface area contributed by atoms with Gasteiger partial charge in [-0.1, -0.05) is 37.6 Å². The first-order valence-corrected chi connectivity index (χ1v) is 8.19. The Hall–Kier alpha value is -0.640. The van der Waals surface area contributed by atoms with E-state index in [-0.39, 0.29) is 16.8 Å². The van der Waals surface area contributed by atoms with Gasteiger partial charge in [0.15, 0.2) is 0 Å². The lowest BCUT2D eigenvalue weighted by Crippen LogP contribution is -2.47. The zero-order chi connectivity index (χ0) is 15.0. The average molecular weight is 312 g/mol. The molecule has 3 rings (SSSR count). The van der Waals surface area contributed by atoms with Crippen LogP contribution in [0.1, 0.15) is 38.2 Å². The zero-order valence-corrected chi connectivity index (χ0v) is 13.4. The summed E-state index contributed by atoms with van der Waals surface area (Å²) in [6.07, 6.45) is 2.26. The second-order valence-electron chi connectivity index (χ2n) is 6.67. The van der Waals surface area contributed by atoms with E-state index in [2.05, 4.69) is 19.2 Å². The topological polar surface area (TPSA) is 21.3 Å². The molecule has 1 aromatic rings. The first kappa shape index (κ1) is 15.3. The number of nitrogens with one attached hydrogen (secondary N) is 1. The molecule has 0 bridgehead atoms. The van der Waals surface area contributed by atoms with Crippen molar-refractivity contribution in [3.05, 3.63) is 34.6 Å². The van der Waals surface area contributed by atoms with Crippen molar-refractivity contribution >= 4 is 11.6 Å². The van der Waals surface area contributed by atoms with Gasteiger partial charge in [0.2, 0.25) is 0 Å². The molecule has 0 aliphatic carbocycles. The van der Waals surface area contributed by atoms with Crippen LogP contribution < -0.4 is 5.32 Å². The standard InChI is InChI=1S/C17H23ClFNO/c1-3-17(9-21-10-17)7-15-11(2)13(8-20-15)12-5-4-6-14(18)16(12)19/h4-6,11,13,15,20H,3,7-10H2,1-2H3. The molecule has 0 radical (unpaired) electrons. The lowest BCUT2D eigenvalue weighted by molar-refractivity contribution is -0.124. The van der Waals surface area contributed by atoms with Gasteiger partial charge in [-0.25, -0.2) is 4.39 Å². The summed E-state index contributed by atoms with van der Waals surface area (Å²) in [6, 6.07) is 5.75. The first-order chi connectivity index (χ1) is 10.1. The summed E-state index contributed by atoms with van der Waals surface area (Å²) in [7, 11) is 0. The predicted octanol–water partition coefficient (Wildman–Crippen LogP) is 3.99. The fourth-order valence-electron chi connectivity index (χ4n) is 3.71. The van der Waals surface area contributed by atoms with Gasteiger partial charge < -0.3 is 10.1 Å². The summed E-state index contributed by atoms with van der Waals surface area (Å²) >= 11 is 5.92. The average Bonchev–Trinajstić information content (AvgIpc) is 2.78. The molecule has 1 aromatic carbocycles. The van der Waals surface area contributed by atoms with Gasteiger partial charge in [0, 0.05) is 23.9 Å². The Balaban J connectivity index is 1.74. The molecule has 0 aromatic heterocycles. The fraction of sp³-hybridized carbons (Fsp3) is 0.647. The number of ether oxygens (including phenoxy) is 1. The van der Waals surface area contributed by atoms with Gasteiger partial charge in [-0.3, -0.25) is 0 Å². The smallest absolute Gasteiger partial charge is 0.145 e. The van der Waals surface area contributed by atoms with E-state index in [1.807, 2.05) is 12.1 Å². The minimum atomic E-state index is -0.254. The van der Waals surface area contributed by atoms with E-state index < -0.39 is 0 Å². The maximum absolute atomic E-state index is 14.3. The van der Waals surface area contributed by atoms with Crippen LogP contribution in [0.2, 0.25) is 5.02 Å². The van der Waals surface area contributed by atoms with E-state index in [9.17, 15) is 4.39 Å². The molecule has 2 aliphatic heterocycles. The SMILES string of the molecule is CCC1(CC2NCC(c3cccc(Cl)c3F)C2C)COC1. The molecule has 2 aliphatic rings. The molecule has 0 amide bonds. The first-order valence-electron chi connectivity index (χ1n) is 7.81. The van der Waals surface area contributed by atoms with Gasteiger partial charge in [0.1, 0.15) is 5.82 Å².